The number of ether oxygens (including phenoxy) is 3. The lowest BCUT2D eigenvalue weighted by Crippen LogP contribution is -2.49. The summed E-state index contributed by atoms with van der Waals surface area (Å²) in [5.41, 5.74) is 3.52. The molecule has 2 aliphatic rings. The van der Waals surface area contributed by atoms with E-state index in [1.165, 1.54) is 11.1 Å². The lowest BCUT2D eigenvalue weighted by molar-refractivity contribution is 0.0566. The van der Waals surface area contributed by atoms with Gasteiger partial charge < -0.3 is 19.1 Å². The molecular weight excluding hydrogens is 354 g/mol. The van der Waals surface area contributed by atoms with E-state index < -0.39 is 0 Å². The van der Waals surface area contributed by atoms with Gasteiger partial charge in [-0.3, -0.25) is 0 Å². The number of piperidine rings is 1. The highest BCUT2D eigenvalue weighted by atomic mass is 16.6. The molecule has 1 amide bonds. The Bertz CT molecular complexity index is 836. The third kappa shape index (κ3) is 3.41. The van der Waals surface area contributed by atoms with Crippen LogP contribution in [0.2, 0.25) is 0 Å². The molecule has 1 aliphatic carbocycles. The summed E-state index contributed by atoms with van der Waals surface area (Å²) >= 11 is 0. The maximum Gasteiger partial charge on any atom is 0.410 e. The summed E-state index contributed by atoms with van der Waals surface area (Å²) < 4.78 is 16.7. The number of nitrogens with zero attached hydrogens (tertiary/aromatic N) is 1. The SMILES string of the molecule is COc1ccc2c(c1OC)CC[C@H]1C2CCCN1C(=O)OCc1ccccc1. The van der Waals surface area contributed by atoms with Gasteiger partial charge in [-0.15, -0.1) is 0 Å². The molecule has 5 nitrogen and oxygen atoms in total. The van der Waals surface area contributed by atoms with E-state index >= 15 is 0 Å². The van der Waals surface area contributed by atoms with Crippen molar-refractivity contribution >= 4 is 6.09 Å². The highest BCUT2D eigenvalue weighted by Gasteiger charge is 2.40. The van der Waals surface area contributed by atoms with Gasteiger partial charge in [-0.25, -0.2) is 4.79 Å². The van der Waals surface area contributed by atoms with Gasteiger partial charge in [0, 0.05) is 24.1 Å². The van der Waals surface area contributed by atoms with E-state index in [0.717, 1.165) is 49.3 Å². The van der Waals surface area contributed by atoms with E-state index in [-0.39, 0.29) is 12.1 Å². The van der Waals surface area contributed by atoms with Gasteiger partial charge in [0.2, 0.25) is 0 Å². The smallest absolute Gasteiger partial charge is 0.410 e. The number of benzene rings is 2. The van der Waals surface area contributed by atoms with E-state index in [2.05, 4.69) is 6.07 Å². The van der Waals surface area contributed by atoms with Crippen LogP contribution in [0.15, 0.2) is 42.5 Å². The zero-order chi connectivity index (χ0) is 19.5. The van der Waals surface area contributed by atoms with Crippen molar-refractivity contribution in [1.29, 1.82) is 0 Å². The lowest BCUT2D eigenvalue weighted by atomic mass is 9.74. The normalized spacial score (nSPS) is 20.7. The molecule has 2 aromatic rings. The minimum atomic E-state index is -0.206. The van der Waals surface area contributed by atoms with Crippen molar-refractivity contribution in [2.75, 3.05) is 20.8 Å². The molecule has 5 heteroatoms. The van der Waals surface area contributed by atoms with Crippen LogP contribution in [0.1, 0.15) is 41.9 Å². The maximum absolute atomic E-state index is 12.8. The molecule has 1 aliphatic heterocycles. The first kappa shape index (κ1) is 18.7. The zero-order valence-corrected chi connectivity index (χ0v) is 16.5. The minimum Gasteiger partial charge on any atom is -0.493 e. The number of carbonyl (C=O) groups excluding carboxylic acids is 1. The topological polar surface area (TPSA) is 48.0 Å². The fourth-order valence-corrected chi connectivity index (χ4v) is 4.71. The van der Waals surface area contributed by atoms with Crippen LogP contribution >= 0.6 is 0 Å². The molecule has 0 radical (unpaired) electrons. The Morgan fingerprint density at radius 3 is 2.64 bits per heavy atom. The van der Waals surface area contributed by atoms with Crippen LogP contribution in [0.5, 0.6) is 11.5 Å². The summed E-state index contributed by atoms with van der Waals surface area (Å²) in [4.78, 5) is 14.8. The Hall–Kier alpha value is -2.69. The van der Waals surface area contributed by atoms with E-state index in [9.17, 15) is 4.79 Å². The Morgan fingerprint density at radius 1 is 1.07 bits per heavy atom. The number of hydrogen-bond donors (Lipinski definition) is 0. The van der Waals surface area contributed by atoms with Crippen LogP contribution < -0.4 is 9.47 Å². The monoisotopic (exact) mass is 381 g/mol. The van der Waals surface area contributed by atoms with Crippen LogP contribution in [0.3, 0.4) is 0 Å². The zero-order valence-electron chi connectivity index (χ0n) is 16.5. The quantitative estimate of drug-likeness (QED) is 0.780. The molecule has 0 bridgehead atoms. The van der Waals surface area contributed by atoms with Crippen molar-refractivity contribution < 1.29 is 19.0 Å². The molecule has 0 spiro atoms. The average molecular weight is 381 g/mol. The number of hydrogen-bond acceptors (Lipinski definition) is 4. The van der Waals surface area contributed by atoms with Gasteiger partial charge in [-0.05, 0) is 42.9 Å². The predicted octanol–water partition coefficient (Wildman–Crippen LogP) is 4.53. The van der Waals surface area contributed by atoms with Crippen molar-refractivity contribution in [2.45, 2.75) is 44.2 Å². The number of carbonyl (C=O) groups is 1. The predicted molar refractivity (Wildman–Crippen MR) is 107 cm³/mol. The molecule has 2 aromatic carbocycles. The molecular formula is C23H27NO4. The molecule has 0 aromatic heterocycles. The molecule has 4 rings (SSSR count). The van der Waals surface area contributed by atoms with Gasteiger partial charge in [0.25, 0.3) is 0 Å². The number of rotatable bonds is 4. The fourth-order valence-electron chi connectivity index (χ4n) is 4.71. The van der Waals surface area contributed by atoms with Gasteiger partial charge in [0.15, 0.2) is 11.5 Å². The van der Waals surface area contributed by atoms with Crippen LogP contribution in [-0.2, 0) is 17.8 Å². The highest BCUT2D eigenvalue weighted by molar-refractivity contribution is 5.69. The molecule has 1 unspecified atom stereocenters. The van der Waals surface area contributed by atoms with Crippen molar-refractivity contribution in [3.63, 3.8) is 0 Å². The molecule has 2 atom stereocenters. The van der Waals surface area contributed by atoms with Gasteiger partial charge in [-0.2, -0.15) is 0 Å². The van der Waals surface area contributed by atoms with Crippen molar-refractivity contribution in [3.8, 4) is 11.5 Å². The molecule has 28 heavy (non-hydrogen) atoms. The summed E-state index contributed by atoms with van der Waals surface area (Å²) in [5.74, 6) is 1.93. The third-order valence-corrected chi connectivity index (χ3v) is 5.99. The van der Waals surface area contributed by atoms with E-state index in [0.29, 0.717) is 12.5 Å². The largest absolute Gasteiger partial charge is 0.493 e. The fraction of sp³-hybridized carbons (Fsp3) is 0.435. The molecule has 0 saturated carbocycles. The first-order valence-electron chi connectivity index (χ1n) is 9.94. The van der Waals surface area contributed by atoms with Crippen molar-refractivity contribution in [2.24, 2.45) is 0 Å². The van der Waals surface area contributed by atoms with Gasteiger partial charge in [0.1, 0.15) is 6.61 Å². The third-order valence-electron chi connectivity index (χ3n) is 5.99. The number of fused-ring (bicyclic) bond motifs is 3. The summed E-state index contributed by atoms with van der Waals surface area (Å²) in [5, 5.41) is 0. The highest BCUT2D eigenvalue weighted by Crippen LogP contribution is 2.46. The second-order valence-corrected chi connectivity index (χ2v) is 7.46. The second kappa shape index (κ2) is 8.13. The molecule has 1 saturated heterocycles. The Morgan fingerprint density at radius 2 is 1.89 bits per heavy atom. The Balaban J connectivity index is 1.52. The van der Waals surface area contributed by atoms with Gasteiger partial charge in [0.05, 0.1) is 14.2 Å². The van der Waals surface area contributed by atoms with E-state index in [1.807, 2.05) is 41.3 Å². The first-order chi connectivity index (χ1) is 13.7. The number of methoxy groups -OCH3 is 2. The van der Waals surface area contributed by atoms with Crippen molar-refractivity contribution in [3.05, 3.63) is 59.2 Å². The molecule has 0 N–H and O–H groups in total. The Labute approximate surface area is 166 Å². The summed E-state index contributed by atoms with van der Waals surface area (Å²) in [6.45, 7) is 1.08. The summed E-state index contributed by atoms with van der Waals surface area (Å²) in [7, 11) is 3.36. The van der Waals surface area contributed by atoms with E-state index in [1.54, 1.807) is 14.2 Å². The van der Waals surface area contributed by atoms with Gasteiger partial charge in [-0.1, -0.05) is 36.4 Å². The number of likely N-dealkylation sites (tertiary alicyclic amines) is 1. The van der Waals surface area contributed by atoms with Gasteiger partial charge >= 0.3 is 6.09 Å². The maximum atomic E-state index is 12.8. The number of amides is 1. The molecule has 148 valence electrons. The summed E-state index contributed by atoms with van der Waals surface area (Å²) in [6, 6.07) is 14.1. The second-order valence-electron chi connectivity index (χ2n) is 7.46. The summed E-state index contributed by atoms with van der Waals surface area (Å²) in [6.07, 6.45) is 3.65. The minimum absolute atomic E-state index is 0.183. The first-order valence-corrected chi connectivity index (χ1v) is 9.94. The van der Waals surface area contributed by atoms with Crippen LogP contribution in [0.25, 0.3) is 0 Å². The lowest BCUT2D eigenvalue weighted by Gasteiger charge is -2.44. The molecule has 1 heterocycles. The Kier molecular flexibility index (Phi) is 5.42. The van der Waals surface area contributed by atoms with Crippen LogP contribution in [0, 0.1) is 0 Å². The van der Waals surface area contributed by atoms with Crippen molar-refractivity contribution in [1.82, 2.24) is 4.90 Å². The van der Waals surface area contributed by atoms with Crippen LogP contribution in [-0.4, -0.2) is 37.8 Å². The standard InChI is InChI=1S/C23H27NO4/c1-26-21-13-11-17-18-9-6-14-24(20(18)12-10-19(17)22(21)27-2)23(25)28-15-16-7-4-3-5-8-16/h3-5,7-8,11,13,18,20H,6,9-10,12,14-15H2,1-2H3/t18?,20-/m0/s1. The average Bonchev–Trinajstić information content (AvgIpc) is 2.76. The van der Waals surface area contributed by atoms with E-state index in [4.69, 9.17) is 14.2 Å². The molecule has 1 fully saturated rings. The van der Waals surface area contributed by atoms with Crippen LogP contribution in [0.4, 0.5) is 4.79 Å².